The Balaban J connectivity index is 1.57. The molecule has 10 nitrogen and oxygen atoms in total. The van der Waals surface area contributed by atoms with Crippen molar-refractivity contribution in [2.24, 2.45) is 5.10 Å². The fourth-order valence-corrected chi connectivity index (χ4v) is 3.52. The maximum absolute atomic E-state index is 9.96. The highest BCUT2D eigenvalue weighted by molar-refractivity contribution is 14.1. The first-order valence-electron chi connectivity index (χ1n) is 9.38. The molecule has 2 N–H and O–H groups in total. The summed E-state index contributed by atoms with van der Waals surface area (Å²) in [5.74, 6) is 1.71. The van der Waals surface area contributed by atoms with E-state index in [0.717, 1.165) is 29.7 Å². The molecule has 0 aliphatic carbocycles. The monoisotopic (exact) mass is 511 g/mol. The molecule has 0 saturated carbocycles. The summed E-state index contributed by atoms with van der Waals surface area (Å²) in [4.78, 5) is 17.9. The van der Waals surface area contributed by atoms with E-state index in [1.807, 2.05) is 12.1 Å². The number of anilines is 3. The number of hydrazone groups is 1. The van der Waals surface area contributed by atoms with Crippen molar-refractivity contribution in [1.29, 1.82) is 0 Å². The predicted octanol–water partition coefficient (Wildman–Crippen LogP) is 1.30. The van der Waals surface area contributed by atoms with Gasteiger partial charge < -0.3 is 24.4 Å². The molecule has 3 heterocycles. The summed E-state index contributed by atoms with van der Waals surface area (Å²) in [7, 11) is 0. The summed E-state index contributed by atoms with van der Waals surface area (Å²) < 4.78 is 11.9. The molecule has 1 aromatic heterocycles. The highest BCUT2D eigenvalue weighted by Crippen LogP contribution is 2.20. The minimum absolute atomic E-state index is 0.162. The molecule has 1 aromatic carbocycles. The normalized spacial score (nSPS) is 17.7. The Morgan fingerprint density at radius 2 is 1.55 bits per heavy atom. The van der Waals surface area contributed by atoms with Gasteiger partial charge >= 0.3 is 0 Å². The van der Waals surface area contributed by atoms with E-state index in [1.54, 1.807) is 12.3 Å². The molecule has 154 valence electrons. The quantitative estimate of drug-likeness (QED) is 0.349. The van der Waals surface area contributed by atoms with Gasteiger partial charge in [0.25, 0.3) is 0 Å². The molecule has 0 spiro atoms. The summed E-state index contributed by atoms with van der Waals surface area (Å²) >= 11 is 2.19. The van der Waals surface area contributed by atoms with Gasteiger partial charge in [0.05, 0.1) is 32.6 Å². The average Bonchev–Trinajstić information content (AvgIpc) is 2.77. The molecule has 11 heteroatoms. The van der Waals surface area contributed by atoms with E-state index in [0.29, 0.717) is 49.8 Å². The molecule has 2 aliphatic rings. The van der Waals surface area contributed by atoms with Crippen LogP contribution in [0.2, 0.25) is 0 Å². The Morgan fingerprint density at radius 3 is 2.14 bits per heavy atom. The number of halogens is 1. The summed E-state index contributed by atoms with van der Waals surface area (Å²) in [5.41, 5.74) is 3.49. The van der Waals surface area contributed by atoms with Gasteiger partial charge in [0.1, 0.15) is 5.75 Å². The highest BCUT2D eigenvalue weighted by atomic mass is 127. The number of benzene rings is 1. The predicted molar refractivity (Wildman–Crippen MR) is 118 cm³/mol. The van der Waals surface area contributed by atoms with Crippen molar-refractivity contribution < 1.29 is 14.6 Å². The molecular formula is C18H22IN7O3. The number of nitrogens with one attached hydrogen (secondary N) is 1. The lowest BCUT2D eigenvalue weighted by Crippen LogP contribution is -2.40. The van der Waals surface area contributed by atoms with E-state index in [2.05, 4.69) is 57.9 Å². The standard InChI is InChI=1S/C18H22IN7O3/c19-14-1-2-15(27)13(11-14)12-20-24-16-21-17(25-3-7-28-8-4-25)23-18(22-16)26-5-9-29-10-6-26/h1-2,11-12,27H,3-10H2,(H,21,22,23,24)/b20-12+. The molecule has 2 saturated heterocycles. The Bertz CT molecular complexity index is 834. The fourth-order valence-electron chi connectivity index (χ4n) is 3.00. The van der Waals surface area contributed by atoms with Crippen LogP contribution < -0.4 is 15.2 Å². The number of ether oxygens (including phenoxy) is 2. The molecule has 0 unspecified atom stereocenters. The van der Waals surface area contributed by atoms with Crippen LogP contribution in [-0.4, -0.2) is 78.9 Å². The average molecular weight is 511 g/mol. The van der Waals surface area contributed by atoms with E-state index in [9.17, 15) is 5.11 Å². The van der Waals surface area contributed by atoms with Crippen LogP contribution in [0.15, 0.2) is 23.3 Å². The maximum atomic E-state index is 9.96. The van der Waals surface area contributed by atoms with Crippen LogP contribution in [0.1, 0.15) is 5.56 Å². The van der Waals surface area contributed by atoms with E-state index in [1.165, 1.54) is 0 Å². The van der Waals surface area contributed by atoms with Gasteiger partial charge in [0.15, 0.2) is 0 Å². The zero-order valence-corrected chi connectivity index (χ0v) is 17.9. The first kappa shape index (κ1) is 20.0. The molecule has 0 amide bonds. The minimum atomic E-state index is 0.162. The maximum Gasteiger partial charge on any atom is 0.250 e. The minimum Gasteiger partial charge on any atom is -0.507 e. The van der Waals surface area contributed by atoms with E-state index >= 15 is 0 Å². The van der Waals surface area contributed by atoms with E-state index in [-0.39, 0.29) is 5.75 Å². The topological polar surface area (TPSA) is 108 Å². The van der Waals surface area contributed by atoms with Crippen LogP contribution in [0, 0.1) is 3.57 Å². The van der Waals surface area contributed by atoms with Crippen molar-refractivity contribution in [3.05, 3.63) is 27.3 Å². The van der Waals surface area contributed by atoms with Gasteiger partial charge in [0.2, 0.25) is 17.8 Å². The number of nitrogens with zero attached hydrogens (tertiary/aromatic N) is 6. The number of morpholine rings is 2. The van der Waals surface area contributed by atoms with Crippen LogP contribution in [-0.2, 0) is 9.47 Å². The molecule has 0 radical (unpaired) electrons. The number of phenols is 1. The van der Waals surface area contributed by atoms with Crippen LogP contribution in [0.3, 0.4) is 0 Å². The highest BCUT2D eigenvalue weighted by Gasteiger charge is 2.20. The van der Waals surface area contributed by atoms with E-state index < -0.39 is 0 Å². The number of hydrogen-bond acceptors (Lipinski definition) is 10. The Labute approximate surface area is 182 Å². The lowest BCUT2D eigenvalue weighted by atomic mass is 10.2. The first-order valence-corrected chi connectivity index (χ1v) is 10.5. The summed E-state index contributed by atoms with van der Waals surface area (Å²) in [6, 6.07) is 5.31. The van der Waals surface area contributed by atoms with Crippen molar-refractivity contribution in [2.75, 3.05) is 67.8 Å². The smallest absolute Gasteiger partial charge is 0.250 e. The second-order valence-electron chi connectivity index (χ2n) is 6.53. The zero-order valence-electron chi connectivity index (χ0n) is 15.8. The summed E-state index contributed by atoms with van der Waals surface area (Å²) in [6.07, 6.45) is 1.55. The molecule has 0 atom stereocenters. The van der Waals surface area contributed by atoms with Crippen molar-refractivity contribution >= 4 is 46.7 Å². The zero-order chi connectivity index (χ0) is 20.1. The Kier molecular flexibility index (Phi) is 6.56. The molecular weight excluding hydrogens is 489 g/mol. The second-order valence-corrected chi connectivity index (χ2v) is 7.78. The van der Waals surface area contributed by atoms with Gasteiger partial charge in [-0.1, -0.05) is 0 Å². The van der Waals surface area contributed by atoms with Crippen molar-refractivity contribution in [3.8, 4) is 5.75 Å². The summed E-state index contributed by atoms with van der Waals surface area (Å²) in [5, 5.41) is 14.2. The molecule has 29 heavy (non-hydrogen) atoms. The largest absolute Gasteiger partial charge is 0.507 e. The third-order valence-electron chi connectivity index (χ3n) is 4.56. The molecule has 2 aromatic rings. The van der Waals surface area contributed by atoms with Gasteiger partial charge in [-0.15, -0.1) is 0 Å². The number of rotatable bonds is 5. The lowest BCUT2D eigenvalue weighted by Gasteiger charge is -2.30. The number of hydrogen-bond donors (Lipinski definition) is 2. The van der Waals surface area contributed by atoms with Crippen LogP contribution >= 0.6 is 22.6 Å². The third-order valence-corrected chi connectivity index (χ3v) is 5.23. The van der Waals surface area contributed by atoms with Crippen molar-refractivity contribution in [2.45, 2.75) is 0 Å². The number of aromatic nitrogens is 3. The first-order chi connectivity index (χ1) is 14.2. The molecule has 0 bridgehead atoms. The van der Waals surface area contributed by atoms with Crippen molar-refractivity contribution in [3.63, 3.8) is 0 Å². The van der Waals surface area contributed by atoms with Crippen LogP contribution in [0.5, 0.6) is 5.75 Å². The van der Waals surface area contributed by atoms with Crippen molar-refractivity contribution in [1.82, 2.24) is 15.0 Å². The molecule has 4 rings (SSSR count). The molecule has 2 fully saturated rings. The van der Waals surface area contributed by atoms with Gasteiger partial charge in [-0.05, 0) is 40.8 Å². The number of phenolic OH excluding ortho intramolecular Hbond substituents is 1. The summed E-state index contributed by atoms with van der Waals surface area (Å²) in [6.45, 7) is 5.49. The van der Waals surface area contributed by atoms with Gasteiger partial charge in [-0.2, -0.15) is 20.1 Å². The SMILES string of the molecule is Oc1ccc(I)cc1/C=N/Nc1nc(N2CCOCC2)nc(N2CCOCC2)n1. The number of aromatic hydroxyl groups is 1. The fraction of sp³-hybridized carbons (Fsp3) is 0.444. The van der Waals surface area contributed by atoms with Gasteiger partial charge in [-0.25, -0.2) is 5.43 Å². The second kappa shape index (κ2) is 9.50. The lowest BCUT2D eigenvalue weighted by molar-refractivity contribution is 0.121. The van der Waals surface area contributed by atoms with E-state index in [4.69, 9.17) is 9.47 Å². The Morgan fingerprint density at radius 1 is 0.966 bits per heavy atom. The van der Waals surface area contributed by atoms with Crippen LogP contribution in [0.25, 0.3) is 0 Å². The van der Waals surface area contributed by atoms with Crippen LogP contribution in [0.4, 0.5) is 17.8 Å². The Hall–Kier alpha value is -2.25. The van der Waals surface area contributed by atoms with Gasteiger partial charge in [0, 0.05) is 35.3 Å². The third kappa shape index (κ3) is 5.22. The van der Waals surface area contributed by atoms with Gasteiger partial charge in [-0.3, -0.25) is 0 Å². The molecule has 2 aliphatic heterocycles.